The van der Waals surface area contributed by atoms with Gasteiger partial charge in [0.15, 0.2) is 0 Å². The van der Waals surface area contributed by atoms with E-state index in [1.807, 2.05) is 11.0 Å². The molecule has 1 aromatic heterocycles. The van der Waals surface area contributed by atoms with E-state index in [0.717, 1.165) is 63.5 Å². The van der Waals surface area contributed by atoms with Crippen molar-refractivity contribution in [2.45, 2.75) is 25.3 Å². The quantitative estimate of drug-likeness (QED) is 0.817. The van der Waals surface area contributed by atoms with E-state index in [9.17, 15) is 4.79 Å². The Labute approximate surface area is 161 Å². The van der Waals surface area contributed by atoms with Crippen LogP contribution in [0, 0.1) is 0 Å². The summed E-state index contributed by atoms with van der Waals surface area (Å²) in [7, 11) is 0. The lowest BCUT2D eigenvalue weighted by atomic mass is 10.1. The molecule has 2 aromatic rings. The summed E-state index contributed by atoms with van der Waals surface area (Å²) < 4.78 is 5.38. The molecule has 142 valence electrons. The molecule has 5 nitrogen and oxygen atoms in total. The fraction of sp³-hybridized carbons (Fsp3) is 0.455. The Balaban J connectivity index is 1.45. The minimum Gasteiger partial charge on any atom is -0.379 e. The zero-order valence-corrected chi connectivity index (χ0v) is 15.7. The highest BCUT2D eigenvalue weighted by molar-refractivity contribution is 5.79. The zero-order chi connectivity index (χ0) is 18.5. The fourth-order valence-corrected chi connectivity index (χ4v) is 4.00. The number of amides is 1. The molecule has 0 N–H and O–H groups in total. The van der Waals surface area contributed by atoms with Crippen LogP contribution in [0.25, 0.3) is 0 Å². The number of nitrogens with zero attached hydrogens (tertiary/aromatic N) is 3. The van der Waals surface area contributed by atoms with Gasteiger partial charge in [-0.2, -0.15) is 0 Å². The molecule has 0 bridgehead atoms. The number of ether oxygens (including phenoxy) is 1. The molecule has 3 heterocycles. The summed E-state index contributed by atoms with van der Waals surface area (Å²) in [4.78, 5) is 22.0. The highest BCUT2D eigenvalue weighted by Crippen LogP contribution is 2.31. The number of aromatic nitrogens is 1. The number of pyridine rings is 1. The fourth-order valence-electron chi connectivity index (χ4n) is 4.00. The predicted octanol–water partition coefficient (Wildman–Crippen LogP) is 2.67. The minimum atomic E-state index is 0.106. The first-order chi connectivity index (χ1) is 13.3. The van der Waals surface area contributed by atoms with Gasteiger partial charge in [-0.25, -0.2) is 0 Å². The van der Waals surface area contributed by atoms with Crippen molar-refractivity contribution in [3.8, 4) is 0 Å². The van der Waals surface area contributed by atoms with Crippen molar-refractivity contribution in [1.29, 1.82) is 0 Å². The summed E-state index contributed by atoms with van der Waals surface area (Å²) >= 11 is 0. The van der Waals surface area contributed by atoms with E-state index in [0.29, 0.717) is 6.54 Å². The Morgan fingerprint density at radius 3 is 2.67 bits per heavy atom. The Hall–Kier alpha value is -2.24. The largest absolute Gasteiger partial charge is 0.379 e. The molecule has 2 fully saturated rings. The second-order valence-corrected chi connectivity index (χ2v) is 7.35. The van der Waals surface area contributed by atoms with Gasteiger partial charge in [0.05, 0.1) is 31.5 Å². The van der Waals surface area contributed by atoms with Gasteiger partial charge in [-0.3, -0.25) is 14.7 Å². The smallest absolute Gasteiger partial charge is 0.237 e. The van der Waals surface area contributed by atoms with Crippen LogP contribution in [-0.2, 0) is 16.0 Å². The monoisotopic (exact) mass is 365 g/mol. The van der Waals surface area contributed by atoms with Crippen LogP contribution in [0.3, 0.4) is 0 Å². The summed E-state index contributed by atoms with van der Waals surface area (Å²) in [5.41, 5.74) is 3.34. The summed E-state index contributed by atoms with van der Waals surface area (Å²) in [6, 6.07) is 16.7. The summed E-state index contributed by atoms with van der Waals surface area (Å²) in [5.74, 6) is 0.217. The standard InChI is InChI=1S/C22H27N3O2/c26-22(17-24-12-14-27-15-13-24)25-11-5-10-21(25)20-9-4-8-19(23-20)16-18-6-2-1-3-7-18/h1-4,6-9,21H,5,10-17H2. The molecular formula is C22H27N3O2. The van der Waals surface area contributed by atoms with Gasteiger partial charge >= 0.3 is 0 Å². The normalized spacial score (nSPS) is 20.7. The van der Waals surface area contributed by atoms with E-state index in [1.165, 1.54) is 5.56 Å². The summed E-state index contributed by atoms with van der Waals surface area (Å²) in [5, 5.41) is 0. The molecule has 5 heteroatoms. The molecule has 0 radical (unpaired) electrons. The third-order valence-corrected chi connectivity index (χ3v) is 5.43. The molecule has 1 aromatic carbocycles. The van der Waals surface area contributed by atoms with Crippen LogP contribution >= 0.6 is 0 Å². The van der Waals surface area contributed by atoms with Crippen LogP contribution in [0.2, 0.25) is 0 Å². The average Bonchev–Trinajstić information content (AvgIpc) is 3.20. The topological polar surface area (TPSA) is 45.7 Å². The lowest BCUT2D eigenvalue weighted by Crippen LogP contribution is -2.44. The Kier molecular flexibility index (Phi) is 5.80. The SMILES string of the molecule is O=C(CN1CCOCC1)N1CCCC1c1cccc(Cc2ccccc2)n1. The van der Waals surface area contributed by atoms with Crippen molar-refractivity contribution in [3.05, 3.63) is 65.5 Å². The molecule has 0 aliphatic carbocycles. The molecule has 0 spiro atoms. The second-order valence-electron chi connectivity index (χ2n) is 7.35. The molecular weight excluding hydrogens is 338 g/mol. The molecule has 2 saturated heterocycles. The molecule has 1 unspecified atom stereocenters. The maximum Gasteiger partial charge on any atom is 0.237 e. The van der Waals surface area contributed by atoms with Crippen LogP contribution in [0.1, 0.15) is 35.8 Å². The van der Waals surface area contributed by atoms with Gasteiger partial charge in [-0.05, 0) is 30.5 Å². The van der Waals surface area contributed by atoms with Gasteiger partial charge in [0.1, 0.15) is 0 Å². The molecule has 27 heavy (non-hydrogen) atoms. The van der Waals surface area contributed by atoms with E-state index in [2.05, 4.69) is 47.4 Å². The molecule has 1 amide bonds. The van der Waals surface area contributed by atoms with Gasteiger partial charge in [-0.15, -0.1) is 0 Å². The molecule has 2 aliphatic heterocycles. The highest BCUT2D eigenvalue weighted by atomic mass is 16.5. The summed E-state index contributed by atoms with van der Waals surface area (Å²) in [6.07, 6.45) is 2.86. The zero-order valence-electron chi connectivity index (χ0n) is 15.7. The predicted molar refractivity (Wildman–Crippen MR) is 104 cm³/mol. The Morgan fingerprint density at radius 2 is 1.85 bits per heavy atom. The maximum absolute atomic E-state index is 12.9. The average molecular weight is 365 g/mol. The van der Waals surface area contributed by atoms with Crippen LogP contribution in [0.5, 0.6) is 0 Å². The number of benzene rings is 1. The molecule has 0 saturated carbocycles. The van der Waals surface area contributed by atoms with Crippen LogP contribution in [-0.4, -0.2) is 60.1 Å². The lowest BCUT2D eigenvalue weighted by Gasteiger charge is -2.30. The third-order valence-electron chi connectivity index (χ3n) is 5.43. The Bertz CT molecular complexity index is 759. The number of morpholine rings is 1. The van der Waals surface area contributed by atoms with E-state index < -0.39 is 0 Å². The first kappa shape index (κ1) is 18.1. The minimum absolute atomic E-state index is 0.106. The van der Waals surface area contributed by atoms with Gasteiger partial charge in [0.2, 0.25) is 5.91 Å². The van der Waals surface area contributed by atoms with Crippen molar-refractivity contribution in [1.82, 2.24) is 14.8 Å². The highest BCUT2D eigenvalue weighted by Gasteiger charge is 2.31. The summed E-state index contributed by atoms with van der Waals surface area (Å²) in [6.45, 7) is 4.45. The lowest BCUT2D eigenvalue weighted by molar-refractivity contribution is -0.134. The Morgan fingerprint density at radius 1 is 1.04 bits per heavy atom. The van der Waals surface area contributed by atoms with Crippen molar-refractivity contribution < 1.29 is 9.53 Å². The number of likely N-dealkylation sites (tertiary alicyclic amines) is 1. The van der Waals surface area contributed by atoms with Crippen molar-refractivity contribution in [3.63, 3.8) is 0 Å². The van der Waals surface area contributed by atoms with Crippen LogP contribution in [0.15, 0.2) is 48.5 Å². The first-order valence-corrected chi connectivity index (χ1v) is 9.89. The van der Waals surface area contributed by atoms with Crippen molar-refractivity contribution in [2.75, 3.05) is 39.4 Å². The number of hydrogen-bond acceptors (Lipinski definition) is 4. The van der Waals surface area contributed by atoms with E-state index in [1.54, 1.807) is 0 Å². The number of rotatable bonds is 5. The van der Waals surface area contributed by atoms with E-state index >= 15 is 0 Å². The van der Waals surface area contributed by atoms with Crippen molar-refractivity contribution >= 4 is 5.91 Å². The van der Waals surface area contributed by atoms with Gasteiger partial charge in [0, 0.05) is 31.7 Å². The van der Waals surface area contributed by atoms with Gasteiger partial charge in [0.25, 0.3) is 0 Å². The number of hydrogen-bond donors (Lipinski definition) is 0. The third kappa shape index (κ3) is 4.54. The molecule has 4 rings (SSSR count). The second kappa shape index (κ2) is 8.63. The van der Waals surface area contributed by atoms with Gasteiger partial charge in [-0.1, -0.05) is 36.4 Å². The molecule has 1 atom stereocenters. The van der Waals surface area contributed by atoms with Crippen LogP contribution in [0.4, 0.5) is 0 Å². The van der Waals surface area contributed by atoms with E-state index in [4.69, 9.17) is 9.72 Å². The van der Waals surface area contributed by atoms with E-state index in [-0.39, 0.29) is 11.9 Å². The van der Waals surface area contributed by atoms with Gasteiger partial charge < -0.3 is 9.64 Å². The van der Waals surface area contributed by atoms with Crippen LogP contribution < -0.4 is 0 Å². The maximum atomic E-state index is 12.9. The molecule has 2 aliphatic rings. The first-order valence-electron chi connectivity index (χ1n) is 9.89. The van der Waals surface area contributed by atoms with Crippen molar-refractivity contribution in [2.24, 2.45) is 0 Å². The number of carbonyl (C=O) groups is 1. The number of carbonyl (C=O) groups excluding carboxylic acids is 1.